The quantitative estimate of drug-likeness (QED) is 0.736. The van der Waals surface area contributed by atoms with Crippen LogP contribution in [0.4, 0.5) is 11.6 Å². The monoisotopic (exact) mass is 252 g/mol. The normalized spacial score (nSPS) is 10.5. The number of aromatic nitrogens is 4. The number of nitrogen functional groups attached to an aromatic ring is 1. The van der Waals surface area contributed by atoms with Crippen LogP contribution in [0.15, 0.2) is 42.9 Å². The molecule has 0 radical (unpaired) electrons. The first-order chi connectivity index (χ1) is 9.33. The van der Waals surface area contributed by atoms with Crippen LogP contribution in [0.2, 0.25) is 0 Å². The SMILES string of the molecule is Nc1ccc2c(NCc3ccccn3)ncnc2n1. The Bertz CT molecular complexity index is 698. The largest absolute Gasteiger partial charge is 0.384 e. The van der Waals surface area contributed by atoms with Crippen LogP contribution in [-0.2, 0) is 6.54 Å². The van der Waals surface area contributed by atoms with E-state index in [2.05, 4.69) is 25.3 Å². The zero-order chi connectivity index (χ0) is 13.1. The highest BCUT2D eigenvalue weighted by atomic mass is 15.0. The van der Waals surface area contributed by atoms with Gasteiger partial charge in [-0.1, -0.05) is 6.07 Å². The van der Waals surface area contributed by atoms with Gasteiger partial charge in [0, 0.05) is 6.20 Å². The van der Waals surface area contributed by atoms with Crippen molar-refractivity contribution in [1.29, 1.82) is 0 Å². The summed E-state index contributed by atoms with van der Waals surface area (Å²) in [6.45, 7) is 0.595. The van der Waals surface area contributed by atoms with Gasteiger partial charge in [-0.2, -0.15) is 0 Å². The zero-order valence-electron chi connectivity index (χ0n) is 10.1. The van der Waals surface area contributed by atoms with Gasteiger partial charge in [0.1, 0.15) is 18.0 Å². The molecule has 6 nitrogen and oxygen atoms in total. The summed E-state index contributed by atoms with van der Waals surface area (Å²) in [6.07, 6.45) is 3.23. The molecular formula is C13H12N6. The molecule has 0 unspecified atom stereocenters. The minimum absolute atomic E-state index is 0.446. The molecule has 0 aliphatic carbocycles. The van der Waals surface area contributed by atoms with E-state index in [4.69, 9.17) is 5.73 Å². The van der Waals surface area contributed by atoms with Crippen LogP contribution in [0.5, 0.6) is 0 Å². The fourth-order valence-corrected chi connectivity index (χ4v) is 1.77. The van der Waals surface area contributed by atoms with E-state index < -0.39 is 0 Å². The maximum absolute atomic E-state index is 5.64. The van der Waals surface area contributed by atoms with Gasteiger partial charge >= 0.3 is 0 Å². The smallest absolute Gasteiger partial charge is 0.166 e. The van der Waals surface area contributed by atoms with Crippen LogP contribution in [0, 0.1) is 0 Å². The molecule has 94 valence electrons. The molecule has 0 saturated heterocycles. The van der Waals surface area contributed by atoms with Gasteiger partial charge in [0.25, 0.3) is 0 Å². The van der Waals surface area contributed by atoms with E-state index in [0.717, 1.165) is 16.9 Å². The second kappa shape index (κ2) is 4.85. The molecule has 3 rings (SSSR count). The fourth-order valence-electron chi connectivity index (χ4n) is 1.77. The lowest BCUT2D eigenvalue weighted by atomic mass is 10.3. The second-order valence-corrected chi connectivity index (χ2v) is 4.00. The molecule has 0 aromatic carbocycles. The lowest BCUT2D eigenvalue weighted by molar-refractivity contribution is 1.03. The third kappa shape index (κ3) is 2.42. The van der Waals surface area contributed by atoms with Gasteiger partial charge < -0.3 is 11.1 Å². The van der Waals surface area contributed by atoms with Crippen molar-refractivity contribution in [3.8, 4) is 0 Å². The number of rotatable bonds is 3. The Morgan fingerprint density at radius 2 is 2.00 bits per heavy atom. The van der Waals surface area contributed by atoms with E-state index in [9.17, 15) is 0 Å². The van der Waals surface area contributed by atoms with E-state index in [-0.39, 0.29) is 0 Å². The third-order valence-corrected chi connectivity index (χ3v) is 2.68. The van der Waals surface area contributed by atoms with E-state index in [1.54, 1.807) is 12.3 Å². The van der Waals surface area contributed by atoms with E-state index in [0.29, 0.717) is 18.0 Å². The summed E-state index contributed by atoms with van der Waals surface area (Å²) in [6, 6.07) is 9.38. The van der Waals surface area contributed by atoms with Crippen molar-refractivity contribution in [1.82, 2.24) is 19.9 Å². The van der Waals surface area contributed by atoms with Crippen LogP contribution in [-0.4, -0.2) is 19.9 Å². The molecule has 3 heterocycles. The molecule has 19 heavy (non-hydrogen) atoms. The molecule has 3 N–H and O–H groups in total. The number of hydrogen-bond acceptors (Lipinski definition) is 6. The average Bonchev–Trinajstić information content (AvgIpc) is 2.45. The van der Waals surface area contributed by atoms with Crippen molar-refractivity contribution >= 4 is 22.7 Å². The van der Waals surface area contributed by atoms with Crippen LogP contribution in [0.25, 0.3) is 11.0 Å². The van der Waals surface area contributed by atoms with Crippen LogP contribution in [0.3, 0.4) is 0 Å². The highest BCUT2D eigenvalue weighted by Gasteiger charge is 2.04. The molecule has 0 aliphatic heterocycles. The van der Waals surface area contributed by atoms with Crippen molar-refractivity contribution in [2.75, 3.05) is 11.1 Å². The summed E-state index contributed by atoms with van der Waals surface area (Å²) in [5.41, 5.74) is 7.16. The van der Waals surface area contributed by atoms with Gasteiger partial charge in [0.2, 0.25) is 0 Å². The number of nitrogens with two attached hydrogens (primary N) is 1. The van der Waals surface area contributed by atoms with Crippen molar-refractivity contribution in [2.24, 2.45) is 0 Å². The predicted molar refractivity (Wildman–Crippen MR) is 73.3 cm³/mol. The minimum atomic E-state index is 0.446. The van der Waals surface area contributed by atoms with E-state index >= 15 is 0 Å². The highest BCUT2D eigenvalue weighted by molar-refractivity contribution is 5.86. The summed E-state index contributed by atoms with van der Waals surface area (Å²) in [7, 11) is 0. The van der Waals surface area contributed by atoms with Crippen molar-refractivity contribution in [2.45, 2.75) is 6.54 Å². The molecule has 0 spiro atoms. The predicted octanol–water partition coefficient (Wildman–Crippen LogP) is 1.61. The van der Waals surface area contributed by atoms with Gasteiger partial charge in [-0.15, -0.1) is 0 Å². The fraction of sp³-hybridized carbons (Fsp3) is 0.0769. The number of nitrogens with one attached hydrogen (secondary N) is 1. The van der Waals surface area contributed by atoms with Crippen LogP contribution in [0.1, 0.15) is 5.69 Å². The van der Waals surface area contributed by atoms with Crippen LogP contribution < -0.4 is 11.1 Å². The zero-order valence-corrected chi connectivity index (χ0v) is 10.1. The first kappa shape index (κ1) is 11.3. The van der Waals surface area contributed by atoms with Crippen molar-refractivity contribution in [3.05, 3.63) is 48.5 Å². The Labute approximate surface area is 109 Å². The van der Waals surface area contributed by atoms with Gasteiger partial charge in [-0.05, 0) is 24.3 Å². The molecule has 3 aromatic heterocycles. The molecule has 3 aromatic rings. The number of nitrogens with zero attached hydrogens (tertiary/aromatic N) is 4. The Balaban J connectivity index is 1.89. The lowest BCUT2D eigenvalue weighted by Gasteiger charge is -2.07. The molecule has 0 fully saturated rings. The summed E-state index contributed by atoms with van der Waals surface area (Å²) in [5, 5.41) is 4.07. The van der Waals surface area contributed by atoms with Crippen molar-refractivity contribution in [3.63, 3.8) is 0 Å². The first-order valence-corrected chi connectivity index (χ1v) is 5.84. The molecule has 0 bridgehead atoms. The van der Waals surface area contributed by atoms with E-state index in [1.807, 2.05) is 24.3 Å². The van der Waals surface area contributed by atoms with Gasteiger partial charge in [-0.25, -0.2) is 15.0 Å². The molecule has 0 aliphatic rings. The number of anilines is 2. The number of hydrogen-bond donors (Lipinski definition) is 2. The van der Waals surface area contributed by atoms with Crippen molar-refractivity contribution < 1.29 is 0 Å². The molecule has 0 amide bonds. The highest BCUT2D eigenvalue weighted by Crippen LogP contribution is 2.18. The van der Waals surface area contributed by atoms with Gasteiger partial charge in [0.15, 0.2) is 5.65 Å². The number of fused-ring (bicyclic) bond motifs is 1. The molecule has 0 atom stereocenters. The standard InChI is InChI=1S/C13H12N6/c14-11-5-4-10-12(17-8-18-13(10)19-11)16-7-9-3-1-2-6-15-9/h1-6,8H,7H2,(H3,14,16,17,18,19). The summed E-state index contributed by atoms with van der Waals surface area (Å²) in [5.74, 6) is 1.17. The van der Waals surface area contributed by atoms with Gasteiger partial charge in [-0.3, -0.25) is 4.98 Å². The minimum Gasteiger partial charge on any atom is -0.384 e. The topological polar surface area (TPSA) is 89.6 Å². The van der Waals surface area contributed by atoms with Gasteiger partial charge in [0.05, 0.1) is 17.6 Å². The maximum atomic E-state index is 5.64. The Morgan fingerprint density at radius 3 is 2.84 bits per heavy atom. The number of pyridine rings is 2. The first-order valence-electron chi connectivity index (χ1n) is 5.84. The Kier molecular flexibility index (Phi) is 2.89. The Morgan fingerprint density at radius 1 is 1.05 bits per heavy atom. The third-order valence-electron chi connectivity index (χ3n) is 2.68. The summed E-state index contributed by atoms with van der Waals surface area (Å²) in [4.78, 5) is 16.7. The van der Waals surface area contributed by atoms with Crippen LogP contribution >= 0.6 is 0 Å². The summed E-state index contributed by atoms with van der Waals surface area (Å²) < 4.78 is 0. The maximum Gasteiger partial charge on any atom is 0.166 e. The Hall–Kier alpha value is -2.76. The molecule has 0 saturated carbocycles. The lowest BCUT2D eigenvalue weighted by Crippen LogP contribution is -2.04. The van der Waals surface area contributed by atoms with E-state index in [1.165, 1.54) is 6.33 Å². The molecular weight excluding hydrogens is 240 g/mol. The molecule has 6 heteroatoms. The second-order valence-electron chi connectivity index (χ2n) is 4.00. The summed E-state index contributed by atoms with van der Waals surface area (Å²) >= 11 is 0. The average molecular weight is 252 g/mol.